The number of rotatable bonds is 0. The average Bonchev–Trinajstić information content (AvgIpc) is 2.54. The molecule has 0 bridgehead atoms. The first kappa shape index (κ1) is 9.33. The lowest BCUT2D eigenvalue weighted by atomic mass is 10.3. The molecule has 1 nitrogen and oxygen atoms in total. The van der Waals surface area contributed by atoms with E-state index in [1.807, 2.05) is 26.1 Å². The second-order valence-corrected chi connectivity index (χ2v) is 3.12. The van der Waals surface area contributed by atoms with Gasteiger partial charge < -0.3 is 4.98 Å². The maximum atomic E-state index is 3.40. The standard InChI is InChI=1S/C8H6BrN.C2H6/c9-7-1-2-8-6(5-7)3-4-10-8;1-2/h1-5,10H;1-2H3. The topological polar surface area (TPSA) is 15.8 Å². The van der Waals surface area contributed by atoms with Crippen LogP contribution in [0.15, 0.2) is 34.9 Å². The molecule has 1 N–H and O–H groups in total. The molecule has 2 heteroatoms. The molecule has 2 rings (SSSR count). The fourth-order valence-corrected chi connectivity index (χ4v) is 1.40. The van der Waals surface area contributed by atoms with Crippen molar-refractivity contribution >= 4 is 26.8 Å². The van der Waals surface area contributed by atoms with E-state index in [9.17, 15) is 0 Å². The molecule has 0 amide bonds. The van der Waals surface area contributed by atoms with Crippen LogP contribution in [-0.2, 0) is 0 Å². The molecular weight excluding hydrogens is 214 g/mol. The van der Waals surface area contributed by atoms with Crippen LogP contribution in [0.25, 0.3) is 10.9 Å². The van der Waals surface area contributed by atoms with Crippen LogP contribution in [0.1, 0.15) is 13.8 Å². The molecule has 0 spiro atoms. The molecule has 0 atom stereocenters. The van der Waals surface area contributed by atoms with Crippen LogP contribution < -0.4 is 0 Å². The molecule has 1 aromatic carbocycles. The Bertz CT molecular complexity index is 351. The van der Waals surface area contributed by atoms with Gasteiger partial charge in [-0.2, -0.15) is 0 Å². The fraction of sp³-hybridized carbons (Fsp3) is 0.200. The molecule has 1 heterocycles. The number of hydrogen-bond donors (Lipinski definition) is 1. The number of benzene rings is 1. The number of fused-ring (bicyclic) bond motifs is 1. The molecule has 2 aromatic rings. The predicted octanol–water partition coefficient (Wildman–Crippen LogP) is 3.96. The number of aromatic amines is 1. The van der Waals surface area contributed by atoms with Gasteiger partial charge in [0.1, 0.15) is 0 Å². The minimum absolute atomic E-state index is 1.12. The van der Waals surface area contributed by atoms with Crippen molar-refractivity contribution in [2.45, 2.75) is 13.8 Å². The zero-order chi connectivity index (χ0) is 8.97. The van der Waals surface area contributed by atoms with Gasteiger partial charge in [-0.25, -0.2) is 0 Å². The van der Waals surface area contributed by atoms with Gasteiger partial charge in [-0.05, 0) is 24.3 Å². The van der Waals surface area contributed by atoms with E-state index in [2.05, 4.69) is 39.1 Å². The maximum absolute atomic E-state index is 3.40. The monoisotopic (exact) mass is 225 g/mol. The Kier molecular flexibility index (Phi) is 3.35. The molecule has 0 unspecified atom stereocenters. The first-order chi connectivity index (χ1) is 5.86. The molecule has 0 aliphatic heterocycles. The first-order valence-corrected chi connectivity index (χ1v) is 4.88. The molecule has 0 aliphatic rings. The molecule has 0 saturated heterocycles. The van der Waals surface area contributed by atoms with Crippen LogP contribution in [0.2, 0.25) is 0 Å². The Morgan fingerprint density at radius 1 is 1.17 bits per heavy atom. The quantitative estimate of drug-likeness (QED) is 0.699. The number of aromatic nitrogens is 1. The third kappa shape index (κ3) is 1.89. The Balaban J connectivity index is 0.000000336. The predicted molar refractivity (Wildman–Crippen MR) is 57.3 cm³/mol. The molecule has 0 saturated carbocycles. The fourth-order valence-electron chi connectivity index (χ4n) is 1.02. The molecule has 0 radical (unpaired) electrons. The van der Waals surface area contributed by atoms with Gasteiger partial charge in [0, 0.05) is 21.6 Å². The Labute approximate surface area is 80.9 Å². The van der Waals surface area contributed by atoms with E-state index >= 15 is 0 Å². The highest BCUT2D eigenvalue weighted by Crippen LogP contribution is 2.17. The number of nitrogens with one attached hydrogen (secondary N) is 1. The summed E-state index contributed by atoms with van der Waals surface area (Å²) in [4.78, 5) is 3.13. The van der Waals surface area contributed by atoms with Crippen LogP contribution in [0.4, 0.5) is 0 Å². The lowest BCUT2D eigenvalue weighted by molar-refractivity contribution is 1.48. The lowest BCUT2D eigenvalue weighted by Crippen LogP contribution is -1.65. The summed E-state index contributed by atoms with van der Waals surface area (Å²) in [6, 6.07) is 8.23. The summed E-state index contributed by atoms with van der Waals surface area (Å²) in [5, 5.41) is 1.24. The molecule has 0 fully saturated rings. The second kappa shape index (κ2) is 4.31. The van der Waals surface area contributed by atoms with E-state index in [1.165, 1.54) is 10.9 Å². The molecular formula is C10H12BrN. The van der Waals surface area contributed by atoms with Crippen LogP contribution in [0.5, 0.6) is 0 Å². The van der Waals surface area contributed by atoms with Gasteiger partial charge in [-0.15, -0.1) is 0 Å². The largest absolute Gasteiger partial charge is 0.361 e. The molecule has 1 aromatic heterocycles. The van der Waals surface area contributed by atoms with Gasteiger partial charge in [-0.1, -0.05) is 29.8 Å². The summed E-state index contributed by atoms with van der Waals surface area (Å²) in [6.45, 7) is 4.00. The van der Waals surface area contributed by atoms with E-state index < -0.39 is 0 Å². The summed E-state index contributed by atoms with van der Waals surface area (Å²) in [5.74, 6) is 0. The third-order valence-corrected chi connectivity index (χ3v) is 2.01. The zero-order valence-corrected chi connectivity index (χ0v) is 8.85. The van der Waals surface area contributed by atoms with Gasteiger partial charge in [-0.3, -0.25) is 0 Å². The van der Waals surface area contributed by atoms with Crippen LogP contribution in [-0.4, -0.2) is 4.98 Å². The minimum atomic E-state index is 1.12. The van der Waals surface area contributed by atoms with Crippen LogP contribution >= 0.6 is 15.9 Å². The first-order valence-electron chi connectivity index (χ1n) is 4.09. The highest BCUT2D eigenvalue weighted by Gasteiger charge is 1.92. The number of halogens is 1. The zero-order valence-electron chi connectivity index (χ0n) is 7.26. The second-order valence-electron chi connectivity index (χ2n) is 2.21. The summed E-state index contributed by atoms with van der Waals surface area (Å²) in [5.41, 5.74) is 1.18. The van der Waals surface area contributed by atoms with E-state index in [4.69, 9.17) is 0 Å². The van der Waals surface area contributed by atoms with Crippen molar-refractivity contribution in [3.63, 3.8) is 0 Å². The van der Waals surface area contributed by atoms with E-state index in [-0.39, 0.29) is 0 Å². The normalized spacial score (nSPS) is 9.25. The van der Waals surface area contributed by atoms with Crippen molar-refractivity contribution in [1.29, 1.82) is 0 Å². The molecule has 0 aliphatic carbocycles. The molecule has 12 heavy (non-hydrogen) atoms. The van der Waals surface area contributed by atoms with Crippen LogP contribution in [0, 0.1) is 0 Å². The van der Waals surface area contributed by atoms with Gasteiger partial charge in [0.05, 0.1) is 0 Å². The van der Waals surface area contributed by atoms with Gasteiger partial charge in [0.15, 0.2) is 0 Å². The van der Waals surface area contributed by atoms with Crippen molar-refractivity contribution in [2.75, 3.05) is 0 Å². The molecule has 64 valence electrons. The summed E-state index contributed by atoms with van der Waals surface area (Å²) in [7, 11) is 0. The summed E-state index contributed by atoms with van der Waals surface area (Å²) < 4.78 is 1.12. The smallest absolute Gasteiger partial charge is 0.0454 e. The van der Waals surface area contributed by atoms with Crippen molar-refractivity contribution < 1.29 is 0 Å². The number of hydrogen-bond acceptors (Lipinski definition) is 0. The SMILES string of the molecule is Brc1ccc2[nH]ccc2c1.CC. The summed E-state index contributed by atoms with van der Waals surface area (Å²) in [6.07, 6.45) is 1.94. The van der Waals surface area contributed by atoms with E-state index in [1.54, 1.807) is 0 Å². The summed E-state index contributed by atoms with van der Waals surface area (Å²) >= 11 is 3.40. The van der Waals surface area contributed by atoms with Crippen molar-refractivity contribution in [3.05, 3.63) is 34.9 Å². The van der Waals surface area contributed by atoms with E-state index in [0.717, 1.165) is 4.47 Å². The van der Waals surface area contributed by atoms with E-state index in [0.29, 0.717) is 0 Å². The van der Waals surface area contributed by atoms with Gasteiger partial charge >= 0.3 is 0 Å². The van der Waals surface area contributed by atoms with Crippen molar-refractivity contribution in [1.82, 2.24) is 4.98 Å². The highest BCUT2D eigenvalue weighted by atomic mass is 79.9. The van der Waals surface area contributed by atoms with Crippen molar-refractivity contribution in [3.8, 4) is 0 Å². The number of H-pyrrole nitrogens is 1. The minimum Gasteiger partial charge on any atom is -0.361 e. The van der Waals surface area contributed by atoms with Gasteiger partial charge in [0.2, 0.25) is 0 Å². The average molecular weight is 226 g/mol. The lowest BCUT2D eigenvalue weighted by Gasteiger charge is -1.88. The highest BCUT2D eigenvalue weighted by molar-refractivity contribution is 9.10. The third-order valence-electron chi connectivity index (χ3n) is 1.52. The maximum Gasteiger partial charge on any atom is 0.0454 e. The van der Waals surface area contributed by atoms with Crippen LogP contribution in [0.3, 0.4) is 0 Å². The Morgan fingerprint density at radius 2 is 1.92 bits per heavy atom. The Morgan fingerprint density at radius 3 is 2.67 bits per heavy atom. The van der Waals surface area contributed by atoms with Crippen molar-refractivity contribution in [2.24, 2.45) is 0 Å². The Hall–Kier alpha value is -0.760. The van der Waals surface area contributed by atoms with Gasteiger partial charge in [0.25, 0.3) is 0 Å².